The molecule has 3 N–H and O–H groups in total. The maximum atomic E-state index is 12.7. The van der Waals surface area contributed by atoms with E-state index in [1.54, 1.807) is 24.5 Å². The topological polar surface area (TPSA) is 129 Å². The summed E-state index contributed by atoms with van der Waals surface area (Å²) in [7, 11) is 0. The fourth-order valence-electron chi connectivity index (χ4n) is 2.45. The monoisotopic (exact) mass is 379 g/mol. The number of aromatic nitrogens is 3. The van der Waals surface area contributed by atoms with Crippen molar-refractivity contribution in [1.29, 1.82) is 0 Å². The molecular formula is C19H17N5O4. The first kappa shape index (κ1) is 18.8. The van der Waals surface area contributed by atoms with Crippen LogP contribution < -0.4 is 11.1 Å². The zero-order chi connectivity index (χ0) is 20.1. The Morgan fingerprint density at radius 1 is 1.14 bits per heavy atom. The number of benzene rings is 1. The molecule has 0 unspecified atom stereocenters. The predicted octanol–water partition coefficient (Wildman–Crippen LogP) is 1.67. The van der Waals surface area contributed by atoms with Gasteiger partial charge in [0.15, 0.2) is 6.10 Å². The van der Waals surface area contributed by atoms with Gasteiger partial charge in [0, 0.05) is 24.2 Å². The van der Waals surface area contributed by atoms with E-state index in [1.165, 1.54) is 17.8 Å². The first-order valence-electron chi connectivity index (χ1n) is 8.32. The summed E-state index contributed by atoms with van der Waals surface area (Å²) < 4.78 is 6.71. The molecule has 2 heterocycles. The number of primary amides is 1. The van der Waals surface area contributed by atoms with Crippen LogP contribution in [0.2, 0.25) is 0 Å². The molecule has 9 heteroatoms. The van der Waals surface area contributed by atoms with Gasteiger partial charge in [-0.15, -0.1) is 0 Å². The third-order valence-electron chi connectivity index (χ3n) is 3.79. The molecule has 142 valence electrons. The van der Waals surface area contributed by atoms with Crippen molar-refractivity contribution in [2.45, 2.75) is 13.0 Å². The van der Waals surface area contributed by atoms with E-state index in [2.05, 4.69) is 10.1 Å². The number of carbonyl (C=O) groups excluding carboxylic acids is 3. The number of pyridine rings is 1. The summed E-state index contributed by atoms with van der Waals surface area (Å²) in [6, 6.07) is 11.7. The van der Waals surface area contributed by atoms with Gasteiger partial charge in [-0.3, -0.25) is 15.1 Å². The van der Waals surface area contributed by atoms with Crippen molar-refractivity contribution in [3.63, 3.8) is 0 Å². The number of hydrogen-bond acceptors (Lipinski definition) is 6. The minimum Gasteiger partial charge on any atom is -0.449 e. The van der Waals surface area contributed by atoms with E-state index in [9.17, 15) is 14.4 Å². The molecule has 0 aliphatic heterocycles. The van der Waals surface area contributed by atoms with Crippen LogP contribution >= 0.6 is 0 Å². The van der Waals surface area contributed by atoms with Crippen molar-refractivity contribution in [3.8, 4) is 16.9 Å². The summed E-state index contributed by atoms with van der Waals surface area (Å²) in [4.78, 5) is 39.3. The van der Waals surface area contributed by atoms with E-state index < -0.39 is 24.0 Å². The molecule has 0 radical (unpaired) electrons. The van der Waals surface area contributed by atoms with Crippen LogP contribution in [0.1, 0.15) is 17.3 Å². The summed E-state index contributed by atoms with van der Waals surface area (Å²) in [5.74, 6) is -1.59. The van der Waals surface area contributed by atoms with Gasteiger partial charge in [-0.25, -0.2) is 14.3 Å². The summed E-state index contributed by atoms with van der Waals surface area (Å²) in [5.41, 5.74) is 6.76. The highest BCUT2D eigenvalue weighted by Gasteiger charge is 2.25. The molecular weight excluding hydrogens is 362 g/mol. The molecule has 3 aromatic rings. The lowest BCUT2D eigenvalue weighted by molar-refractivity contribution is -0.127. The van der Waals surface area contributed by atoms with E-state index in [0.717, 1.165) is 5.69 Å². The molecule has 1 atom stereocenters. The summed E-state index contributed by atoms with van der Waals surface area (Å²) in [6.07, 6.45) is 3.46. The van der Waals surface area contributed by atoms with Crippen molar-refractivity contribution >= 4 is 17.9 Å². The molecule has 3 rings (SSSR count). The Labute approximate surface area is 160 Å². The molecule has 0 aliphatic rings. The van der Waals surface area contributed by atoms with E-state index in [0.29, 0.717) is 11.3 Å². The lowest BCUT2D eigenvalue weighted by Crippen LogP contribution is -2.42. The Bertz CT molecular complexity index is 1000. The normalized spacial score (nSPS) is 11.5. The lowest BCUT2D eigenvalue weighted by atomic mass is 10.1. The number of carbonyl (C=O) groups is 3. The minimum atomic E-state index is -1.22. The molecule has 0 spiro atoms. The second-order valence-corrected chi connectivity index (χ2v) is 5.81. The number of imide groups is 1. The Morgan fingerprint density at radius 2 is 1.89 bits per heavy atom. The number of para-hydroxylation sites is 1. The van der Waals surface area contributed by atoms with Gasteiger partial charge in [0.05, 0.1) is 5.69 Å². The number of rotatable bonds is 5. The van der Waals surface area contributed by atoms with Gasteiger partial charge in [-0.05, 0) is 31.2 Å². The minimum absolute atomic E-state index is 0.149. The van der Waals surface area contributed by atoms with Crippen LogP contribution in [0.15, 0.2) is 61.1 Å². The van der Waals surface area contributed by atoms with Gasteiger partial charge in [0.1, 0.15) is 11.3 Å². The summed E-state index contributed by atoms with van der Waals surface area (Å²) in [5, 5.41) is 6.34. The van der Waals surface area contributed by atoms with Gasteiger partial charge in [0.2, 0.25) is 0 Å². The van der Waals surface area contributed by atoms with Crippen molar-refractivity contribution in [2.75, 3.05) is 0 Å². The molecule has 0 fully saturated rings. The van der Waals surface area contributed by atoms with Crippen LogP contribution in [0.3, 0.4) is 0 Å². The number of nitrogens with zero attached hydrogens (tertiary/aromatic N) is 3. The van der Waals surface area contributed by atoms with Crippen LogP contribution in [-0.2, 0) is 9.53 Å². The van der Waals surface area contributed by atoms with E-state index >= 15 is 0 Å². The quantitative estimate of drug-likeness (QED) is 0.649. The van der Waals surface area contributed by atoms with E-state index in [1.807, 2.05) is 35.6 Å². The van der Waals surface area contributed by atoms with Gasteiger partial charge in [-0.1, -0.05) is 18.2 Å². The maximum Gasteiger partial charge on any atom is 0.342 e. The number of urea groups is 1. The maximum absolute atomic E-state index is 12.7. The Balaban J connectivity index is 1.94. The number of nitrogens with two attached hydrogens (primary N) is 1. The van der Waals surface area contributed by atoms with E-state index in [4.69, 9.17) is 10.5 Å². The fraction of sp³-hybridized carbons (Fsp3) is 0.105. The molecule has 0 aliphatic carbocycles. The molecule has 28 heavy (non-hydrogen) atoms. The highest BCUT2D eigenvalue weighted by molar-refractivity contribution is 6.00. The van der Waals surface area contributed by atoms with Crippen molar-refractivity contribution in [1.82, 2.24) is 20.1 Å². The van der Waals surface area contributed by atoms with Crippen LogP contribution in [0, 0.1) is 0 Å². The average Bonchev–Trinajstić information content (AvgIpc) is 3.14. The largest absolute Gasteiger partial charge is 0.449 e. The molecule has 0 saturated carbocycles. The number of esters is 1. The molecule has 1 aromatic carbocycles. The summed E-state index contributed by atoms with van der Waals surface area (Å²) in [6.45, 7) is 1.33. The highest BCUT2D eigenvalue weighted by atomic mass is 16.5. The zero-order valence-corrected chi connectivity index (χ0v) is 14.9. The van der Waals surface area contributed by atoms with Gasteiger partial charge < -0.3 is 10.5 Å². The number of amides is 3. The van der Waals surface area contributed by atoms with Crippen molar-refractivity contribution in [2.24, 2.45) is 5.73 Å². The highest BCUT2D eigenvalue weighted by Crippen LogP contribution is 2.24. The SMILES string of the molecule is C[C@@H](OC(=O)c1cn(-c2ccccc2)nc1-c1cccnc1)C(=O)NC(N)=O. The van der Waals surface area contributed by atoms with Crippen LogP contribution in [0.4, 0.5) is 4.79 Å². The van der Waals surface area contributed by atoms with Crippen LogP contribution in [0.5, 0.6) is 0 Å². The van der Waals surface area contributed by atoms with Gasteiger partial charge >= 0.3 is 12.0 Å². The second kappa shape index (κ2) is 8.12. The molecule has 0 bridgehead atoms. The molecule has 0 saturated heterocycles. The molecule has 2 aromatic heterocycles. The van der Waals surface area contributed by atoms with Crippen LogP contribution in [0.25, 0.3) is 16.9 Å². The number of ether oxygens (including phenoxy) is 1. The Kier molecular flexibility index (Phi) is 5.45. The smallest absolute Gasteiger partial charge is 0.342 e. The first-order valence-corrected chi connectivity index (χ1v) is 8.32. The Hall–Kier alpha value is -4.01. The van der Waals surface area contributed by atoms with Crippen molar-refractivity contribution in [3.05, 3.63) is 66.6 Å². The van der Waals surface area contributed by atoms with Gasteiger partial charge in [0.25, 0.3) is 5.91 Å². The zero-order valence-electron chi connectivity index (χ0n) is 14.9. The van der Waals surface area contributed by atoms with Gasteiger partial charge in [-0.2, -0.15) is 5.10 Å². The fourth-order valence-corrected chi connectivity index (χ4v) is 2.45. The van der Waals surface area contributed by atoms with E-state index in [-0.39, 0.29) is 5.56 Å². The molecule has 9 nitrogen and oxygen atoms in total. The third-order valence-corrected chi connectivity index (χ3v) is 3.79. The summed E-state index contributed by atoms with van der Waals surface area (Å²) >= 11 is 0. The van der Waals surface area contributed by atoms with Crippen molar-refractivity contribution < 1.29 is 19.1 Å². The van der Waals surface area contributed by atoms with Crippen LogP contribution in [-0.4, -0.2) is 38.8 Å². The average molecular weight is 379 g/mol. The lowest BCUT2D eigenvalue weighted by Gasteiger charge is -2.11. The number of nitrogens with one attached hydrogen (secondary N) is 1. The second-order valence-electron chi connectivity index (χ2n) is 5.81. The molecule has 3 amide bonds. The third kappa shape index (κ3) is 4.21. The predicted molar refractivity (Wildman–Crippen MR) is 99.4 cm³/mol. The number of hydrogen-bond donors (Lipinski definition) is 2. The first-order chi connectivity index (χ1) is 13.5. The standard InChI is InChI=1S/C19H17N5O4/c1-12(17(25)22-19(20)27)28-18(26)15-11-24(14-7-3-2-4-8-14)23-16(15)13-6-5-9-21-10-13/h2-12H,1H3,(H3,20,22,25,27)/t12-/m1/s1. The Morgan fingerprint density at radius 3 is 2.54 bits per heavy atom.